The number of fused-ring (bicyclic) bond motifs is 1. The van der Waals surface area contributed by atoms with Crippen molar-refractivity contribution < 1.29 is 0 Å². The first kappa shape index (κ1) is 20.0. The highest BCUT2D eigenvalue weighted by atomic mass is 15.2. The van der Waals surface area contributed by atoms with Gasteiger partial charge in [0.15, 0.2) is 5.65 Å². The lowest BCUT2D eigenvalue weighted by atomic mass is 9.98. The quantitative estimate of drug-likeness (QED) is 0.401. The van der Waals surface area contributed by atoms with Crippen LogP contribution in [0.5, 0.6) is 0 Å². The Balaban J connectivity index is 1.36. The molecule has 1 aliphatic rings. The molecule has 0 amide bonds. The second kappa shape index (κ2) is 8.64. The van der Waals surface area contributed by atoms with E-state index in [0.29, 0.717) is 5.92 Å². The van der Waals surface area contributed by atoms with Crippen LogP contribution in [0.3, 0.4) is 0 Å². The van der Waals surface area contributed by atoms with Crippen LogP contribution in [-0.2, 0) is 6.42 Å². The van der Waals surface area contributed by atoms with Crippen LogP contribution in [0.15, 0.2) is 67.1 Å². The van der Waals surface area contributed by atoms with E-state index in [9.17, 15) is 0 Å². The lowest BCUT2D eigenvalue weighted by Gasteiger charge is -2.14. The van der Waals surface area contributed by atoms with Crippen LogP contribution in [0.4, 0.5) is 0 Å². The van der Waals surface area contributed by atoms with E-state index in [2.05, 4.69) is 78.6 Å². The molecule has 0 saturated carbocycles. The van der Waals surface area contributed by atoms with E-state index >= 15 is 0 Å². The van der Waals surface area contributed by atoms with Crippen LogP contribution < -0.4 is 0 Å². The van der Waals surface area contributed by atoms with Gasteiger partial charge in [-0.3, -0.25) is 0 Å². The minimum atomic E-state index is 0.500. The molecule has 5 rings (SSSR count). The maximum atomic E-state index is 4.77. The van der Waals surface area contributed by atoms with Crippen molar-refractivity contribution in [1.29, 1.82) is 0 Å². The second-order valence-corrected chi connectivity index (χ2v) is 8.94. The SMILES string of the molecule is CC(C)c1cccc(-c2cnn3cc(-c4ccc(CCN5CCCC5)cc4)cnc23)c1. The third-order valence-electron chi connectivity index (χ3n) is 6.42. The summed E-state index contributed by atoms with van der Waals surface area (Å²) in [5.41, 5.74) is 8.14. The van der Waals surface area contributed by atoms with Crippen LogP contribution in [-0.4, -0.2) is 39.1 Å². The Morgan fingerprint density at radius 3 is 2.48 bits per heavy atom. The van der Waals surface area contributed by atoms with Crippen molar-refractivity contribution >= 4 is 5.65 Å². The van der Waals surface area contributed by atoms with Gasteiger partial charge in [-0.2, -0.15) is 5.10 Å². The molecule has 4 heteroatoms. The smallest absolute Gasteiger partial charge is 0.162 e. The van der Waals surface area contributed by atoms with E-state index in [0.717, 1.165) is 23.2 Å². The van der Waals surface area contributed by atoms with Crippen molar-refractivity contribution in [2.75, 3.05) is 19.6 Å². The summed E-state index contributed by atoms with van der Waals surface area (Å²) < 4.78 is 1.90. The van der Waals surface area contributed by atoms with E-state index < -0.39 is 0 Å². The normalized spacial score (nSPS) is 14.7. The molecule has 0 aliphatic carbocycles. The molecule has 0 radical (unpaired) electrons. The van der Waals surface area contributed by atoms with Crippen LogP contribution in [0.25, 0.3) is 27.9 Å². The number of aromatic nitrogens is 3. The standard InChI is InChI=1S/C27H30N4/c1-20(2)23-6-5-7-24(16-23)26-18-29-31-19-25(17-28-27(26)31)22-10-8-21(9-11-22)12-15-30-13-3-4-14-30/h5-11,16-20H,3-4,12-15H2,1-2H3. The first-order valence-electron chi connectivity index (χ1n) is 11.4. The van der Waals surface area contributed by atoms with Gasteiger partial charge in [0.05, 0.1) is 6.20 Å². The van der Waals surface area contributed by atoms with Crippen molar-refractivity contribution in [1.82, 2.24) is 19.5 Å². The summed E-state index contributed by atoms with van der Waals surface area (Å²) in [5, 5.41) is 4.60. The number of likely N-dealkylation sites (tertiary alicyclic amines) is 1. The van der Waals surface area contributed by atoms with Crippen molar-refractivity contribution in [3.63, 3.8) is 0 Å². The molecule has 3 heterocycles. The van der Waals surface area contributed by atoms with Gasteiger partial charge in [-0.15, -0.1) is 0 Å². The van der Waals surface area contributed by atoms with Crippen molar-refractivity contribution in [3.05, 3.63) is 78.2 Å². The molecule has 158 valence electrons. The number of benzene rings is 2. The minimum Gasteiger partial charge on any atom is -0.303 e. The highest BCUT2D eigenvalue weighted by Crippen LogP contribution is 2.28. The molecule has 4 nitrogen and oxygen atoms in total. The molecular formula is C27H30N4. The van der Waals surface area contributed by atoms with Crippen molar-refractivity contribution in [2.24, 2.45) is 0 Å². The molecule has 0 atom stereocenters. The van der Waals surface area contributed by atoms with Crippen molar-refractivity contribution in [2.45, 2.75) is 39.0 Å². The summed E-state index contributed by atoms with van der Waals surface area (Å²) in [7, 11) is 0. The molecule has 0 bridgehead atoms. The number of nitrogens with zero attached hydrogens (tertiary/aromatic N) is 4. The van der Waals surface area contributed by atoms with E-state index in [4.69, 9.17) is 4.98 Å². The number of hydrogen-bond donors (Lipinski definition) is 0. The molecule has 2 aromatic carbocycles. The molecule has 0 spiro atoms. The third-order valence-corrected chi connectivity index (χ3v) is 6.42. The van der Waals surface area contributed by atoms with E-state index in [1.807, 2.05) is 16.9 Å². The minimum absolute atomic E-state index is 0.500. The summed E-state index contributed by atoms with van der Waals surface area (Å²) in [5.74, 6) is 0.500. The Kier molecular flexibility index (Phi) is 5.56. The maximum Gasteiger partial charge on any atom is 0.162 e. The van der Waals surface area contributed by atoms with E-state index in [1.54, 1.807) is 0 Å². The summed E-state index contributed by atoms with van der Waals surface area (Å²) in [6, 6.07) is 17.6. The number of rotatable bonds is 6. The fraction of sp³-hybridized carbons (Fsp3) is 0.333. The lowest BCUT2D eigenvalue weighted by Crippen LogP contribution is -2.21. The zero-order valence-corrected chi connectivity index (χ0v) is 18.5. The van der Waals surface area contributed by atoms with Gasteiger partial charge in [0.1, 0.15) is 0 Å². The topological polar surface area (TPSA) is 33.4 Å². The average molecular weight is 411 g/mol. The molecule has 31 heavy (non-hydrogen) atoms. The fourth-order valence-corrected chi connectivity index (χ4v) is 4.45. The Morgan fingerprint density at radius 2 is 1.71 bits per heavy atom. The first-order chi connectivity index (χ1) is 15.2. The zero-order valence-electron chi connectivity index (χ0n) is 18.5. The van der Waals surface area contributed by atoms with E-state index in [-0.39, 0.29) is 0 Å². The maximum absolute atomic E-state index is 4.77. The van der Waals surface area contributed by atoms with Gasteiger partial charge in [-0.1, -0.05) is 62.4 Å². The zero-order chi connectivity index (χ0) is 21.2. The lowest BCUT2D eigenvalue weighted by molar-refractivity contribution is 0.343. The highest BCUT2D eigenvalue weighted by molar-refractivity contribution is 5.78. The van der Waals surface area contributed by atoms with Crippen LogP contribution >= 0.6 is 0 Å². The van der Waals surface area contributed by atoms with E-state index in [1.165, 1.54) is 54.7 Å². The third kappa shape index (κ3) is 4.26. The van der Waals surface area contributed by atoms with Crippen LogP contribution in [0.1, 0.15) is 43.7 Å². The van der Waals surface area contributed by atoms with Crippen LogP contribution in [0, 0.1) is 0 Å². The molecule has 1 fully saturated rings. The van der Waals surface area contributed by atoms with Gasteiger partial charge in [-0.05, 0) is 60.5 Å². The Labute approximate surface area is 184 Å². The average Bonchev–Trinajstić information content (AvgIpc) is 3.47. The Hall–Kier alpha value is -2.98. The molecule has 0 unspecified atom stereocenters. The second-order valence-electron chi connectivity index (χ2n) is 8.94. The molecule has 4 aromatic rings. The molecular weight excluding hydrogens is 380 g/mol. The Morgan fingerprint density at radius 1 is 0.903 bits per heavy atom. The monoisotopic (exact) mass is 410 g/mol. The fourth-order valence-electron chi connectivity index (χ4n) is 4.45. The predicted octanol–water partition coefficient (Wildman–Crippen LogP) is 5.83. The number of hydrogen-bond acceptors (Lipinski definition) is 3. The largest absolute Gasteiger partial charge is 0.303 e. The van der Waals surface area contributed by atoms with Crippen molar-refractivity contribution in [3.8, 4) is 22.3 Å². The highest BCUT2D eigenvalue weighted by Gasteiger charge is 2.12. The summed E-state index contributed by atoms with van der Waals surface area (Å²) >= 11 is 0. The molecule has 1 saturated heterocycles. The molecule has 1 aliphatic heterocycles. The Bertz CT molecular complexity index is 1170. The van der Waals surface area contributed by atoms with Gasteiger partial charge >= 0.3 is 0 Å². The first-order valence-corrected chi connectivity index (χ1v) is 11.4. The molecule has 0 N–H and O–H groups in total. The van der Waals surface area contributed by atoms with Gasteiger partial charge in [0.25, 0.3) is 0 Å². The molecule has 2 aromatic heterocycles. The van der Waals surface area contributed by atoms with Gasteiger partial charge in [0, 0.05) is 30.1 Å². The van der Waals surface area contributed by atoms with Crippen LogP contribution in [0.2, 0.25) is 0 Å². The summed E-state index contributed by atoms with van der Waals surface area (Å²) in [6.07, 6.45) is 9.80. The predicted molar refractivity (Wildman–Crippen MR) is 127 cm³/mol. The van der Waals surface area contributed by atoms with Gasteiger partial charge in [0.2, 0.25) is 0 Å². The van der Waals surface area contributed by atoms with Gasteiger partial charge < -0.3 is 4.90 Å². The summed E-state index contributed by atoms with van der Waals surface area (Å²) in [4.78, 5) is 7.34. The summed E-state index contributed by atoms with van der Waals surface area (Å²) in [6.45, 7) is 8.13. The van der Waals surface area contributed by atoms with Gasteiger partial charge in [-0.25, -0.2) is 9.50 Å².